The Morgan fingerprint density at radius 1 is 1.13 bits per heavy atom. The van der Waals surface area contributed by atoms with Gasteiger partial charge in [0.2, 0.25) is 0 Å². The van der Waals surface area contributed by atoms with Crippen LogP contribution in [0.25, 0.3) is 10.3 Å². The molecule has 0 aliphatic rings. The van der Waals surface area contributed by atoms with Gasteiger partial charge in [-0.15, -0.1) is 0 Å². The number of aliphatic hydroxyl groups is 2. The van der Waals surface area contributed by atoms with E-state index in [9.17, 15) is 10.2 Å². The van der Waals surface area contributed by atoms with Crippen molar-refractivity contribution in [3.63, 3.8) is 0 Å². The lowest BCUT2D eigenvalue weighted by molar-refractivity contribution is 0.234. The zero-order valence-electron chi connectivity index (χ0n) is 17.6. The van der Waals surface area contributed by atoms with Gasteiger partial charge in [0, 0.05) is 5.75 Å². The highest BCUT2D eigenvalue weighted by molar-refractivity contribution is 7.98. The summed E-state index contributed by atoms with van der Waals surface area (Å²) in [5, 5.41) is 27.3. The van der Waals surface area contributed by atoms with Gasteiger partial charge >= 0.3 is 0 Å². The van der Waals surface area contributed by atoms with Gasteiger partial charge in [-0.2, -0.15) is 4.98 Å². The minimum Gasteiger partial charge on any atom is -0.394 e. The van der Waals surface area contributed by atoms with Gasteiger partial charge in [-0.3, -0.25) is 0 Å². The topological polar surface area (TPSA) is 103 Å². The van der Waals surface area contributed by atoms with Gasteiger partial charge in [-0.05, 0) is 25.8 Å². The lowest BCUT2D eigenvalue weighted by Gasteiger charge is -2.24. The highest BCUT2D eigenvalue weighted by atomic mass is 32.2. The molecule has 3 aromatic rings. The first-order valence-corrected chi connectivity index (χ1v) is 11.9. The zero-order chi connectivity index (χ0) is 21.6. The fourth-order valence-corrected chi connectivity index (χ4v) is 4.55. The summed E-state index contributed by atoms with van der Waals surface area (Å²) in [4.78, 5) is 14.0. The van der Waals surface area contributed by atoms with Crippen molar-refractivity contribution >= 4 is 44.4 Å². The zero-order valence-corrected chi connectivity index (χ0v) is 19.2. The predicted molar refractivity (Wildman–Crippen MR) is 125 cm³/mol. The average Bonchev–Trinajstić information content (AvgIpc) is 3.15. The van der Waals surface area contributed by atoms with Gasteiger partial charge in [0.25, 0.3) is 0 Å². The molecular formula is C21H29N5O2S2. The van der Waals surface area contributed by atoms with E-state index in [1.54, 1.807) is 11.8 Å². The van der Waals surface area contributed by atoms with E-state index >= 15 is 0 Å². The van der Waals surface area contributed by atoms with E-state index in [4.69, 9.17) is 4.98 Å². The van der Waals surface area contributed by atoms with E-state index in [0.717, 1.165) is 23.3 Å². The number of nitrogens with zero attached hydrogens (tertiary/aromatic N) is 3. The van der Waals surface area contributed by atoms with Crippen LogP contribution in [-0.4, -0.2) is 50.0 Å². The molecule has 4 N–H and O–H groups in total. The summed E-state index contributed by atoms with van der Waals surface area (Å²) in [5.41, 5.74) is 1.27. The Balaban J connectivity index is 1.91. The molecule has 162 valence electrons. The summed E-state index contributed by atoms with van der Waals surface area (Å²) < 4.78 is 0.830. The van der Waals surface area contributed by atoms with Crippen molar-refractivity contribution in [3.8, 4) is 0 Å². The molecule has 0 saturated heterocycles. The van der Waals surface area contributed by atoms with Gasteiger partial charge in [0.05, 0.1) is 24.8 Å². The number of hydrogen-bond acceptors (Lipinski definition) is 9. The molecule has 1 atom stereocenters. The SMILES string of the molecule is CCCC(CO)Nc1nc2nc(SCc3ccccc3)nc(NC(C)(C)CO)c2s1. The summed E-state index contributed by atoms with van der Waals surface area (Å²) in [5.74, 6) is 1.42. The van der Waals surface area contributed by atoms with Crippen LogP contribution in [0.1, 0.15) is 39.2 Å². The Morgan fingerprint density at radius 2 is 1.90 bits per heavy atom. The molecule has 30 heavy (non-hydrogen) atoms. The van der Waals surface area contributed by atoms with Crippen LogP contribution >= 0.6 is 23.1 Å². The van der Waals surface area contributed by atoms with Crippen LogP contribution in [0, 0.1) is 0 Å². The third kappa shape index (κ3) is 6.04. The average molecular weight is 448 g/mol. The lowest BCUT2D eigenvalue weighted by Crippen LogP contribution is -2.35. The minimum absolute atomic E-state index is 0.0298. The van der Waals surface area contributed by atoms with Gasteiger partial charge < -0.3 is 20.8 Å². The second-order valence-electron chi connectivity index (χ2n) is 7.78. The molecule has 0 spiro atoms. The molecule has 0 radical (unpaired) electrons. The minimum atomic E-state index is -0.532. The first kappa shape index (κ1) is 22.7. The molecule has 9 heteroatoms. The molecule has 1 unspecified atom stereocenters. The number of fused-ring (bicyclic) bond motifs is 1. The van der Waals surface area contributed by atoms with Crippen molar-refractivity contribution in [2.45, 2.75) is 56.1 Å². The largest absolute Gasteiger partial charge is 0.394 e. The number of hydrogen-bond donors (Lipinski definition) is 4. The van der Waals surface area contributed by atoms with Crippen LogP contribution in [0.4, 0.5) is 10.9 Å². The second-order valence-corrected chi connectivity index (χ2v) is 9.72. The summed E-state index contributed by atoms with van der Waals surface area (Å²) >= 11 is 3.01. The maximum atomic E-state index is 9.70. The number of aromatic nitrogens is 3. The Morgan fingerprint density at radius 3 is 2.57 bits per heavy atom. The first-order chi connectivity index (χ1) is 14.4. The van der Waals surface area contributed by atoms with Crippen LogP contribution in [0.5, 0.6) is 0 Å². The molecular weight excluding hydrogens is 418 g/mol. The lowest BCUT2D eigenvalue weighted by atomic mass is 10.1. The smallest absolute Gasteiger partial charge is 0.191 e. The maximum absolute atomic E-state index is 9.70. The van der Waals surface area contributed by atoms with Gasteiger partial charge in [0.1, 0.15) is 4.70 Å². The highest BCUT2D eigenvalue weighted by Gasteiger charge is 2.22. The quantitative estimate of drug-likeness (QED) is 0.257. The molecule has 0 fully saturated rings. The van der Waals surface area contributed by atoms with Crippen LogP contribution < -0.4 is 10.6 Å². The first-order valence-electron chi connectivity index (χ1n) is 10.1. The number of benzene rings is 1. The summed E-state index contributed by atoms with van der Waals surface area (Å²) in [6, 6.07) is 10.1. The van der Waals surface area contributed by atoms with E-state index in [2.05, 4.69) is 39.7 Å². The third-order valence-corrected chi connectivity index (χ3v) is 6.38. The predicted octanol–water partition coefficient (Wildman–Crippen LogP) is 4.13. The van der Waals surface area contributed by atoms with Crippen molar-refractivity contribution in [2.75, 3.05) is 23.8 Å². The van der Waals surface area contributed by atoms with E-state index in [1.807, 2.05) is 32.0 Å². The number of nitrogens with one attached hydrogen (secondary N) is 2. The maximum Gasteiger partial charge on any atom is 0.191 e. The van der Waals surface area contributed by atoms with Crippen molar-refractivity contribution in [2.24, 2.45) is 0 Å². The molecule has 0 aliphatic carbocycles. The molecule has 1 aromatic carbocycles. The van der Waals surface area contributed by atoms with Gasteiger partial charge in [-0.25, -0.2) is 9.97 Å². The Kier molecular flexibility index (Phi) is 7.87. The summed E-state index contributed by atoms with van der Waals surface area (Å²) in [6.45, 7) is 5.94. The van der Waals surface area contributed by atoms with Crippen LogP contribution in [0.15, 0.2) is 35.5 Å². The molecule has 7 nitrogen and oxygen atoms in total. The molecule has 0 bridgehead atoms. The van der Waals surface area contributed by atoms with Gasteiger partial charge in [0.15, 0.2) is 21.8 Å². The highest BCUT2D eigenvalue weighted by Crippen LogP contribution is 2.34. The Labute approximate surface area is 185 Å². The number of thiazole rings is 1. The van der Waals surface area contributed by atoms with Crippen molar-refractivity contribution < 1.29 is 10.2 Å². The van der Waals surface area contributed by atoms with E-state index in [1.165, 1.54) is 16.9 Å². The summed E-state index contributed by atoms with van der Waals surface area (Å²) in [6.07, 6.45) is 1.83. The van der Waals surface area contributed by atoms with Crippen molar-refractivity contribution in [1.29, 1.82) is 0 Å². The van der Waals surface area contributed by atoms with Crippen LogP contribution in [0.2, 0.25) is 0 Å². The molecule has 3 rings (SSSR count). The van der Waals surface area contributed by atoms with E-state index in [-0.39, 0.29) is 19.3 Å². The van der Waals surface area contributed by atoms with Gasteiger partial charge in [-0.1, -0.05) is 66.8 Å². The Hall–Kier alpha value is -1.94. The van der Waals surface area contributed by atoms with E-state index < -0.39 is 5.54 Å². The fraction of sp³-hybridized carbons (Fsp3) is 0.476. The molecule has 2 heterocycles. The molecule has 0 amide bonds. The third-order valence-electron chi connectivity index (χ3n) is 4.48. The summed E-state index contributed by atoms with van der Waals surface area (Å²) in [7, 11) is 0. The fourth-order valence-electron chi connectivity index (χ4n) is 2.83. The number of rotatable bonds is 11. The number of aliphatic hydroxyl groups excluding tert-OH is 2. The van der Waals surface area contributed by atoms with Crippen molar-refractivity contribution in [3.05, 3.63) is 35.9 Å². The molecule has 2 aromatic heterocycles. The monoisotopic (exact) mass is 447 g/mol. The Bertz CT molecular complexity index is 949. The second kappa shape index (κ2) is 10.4. The molecule has 0 saturated carbocycles. The van der Waals surface area contributed by atoms with E-state index in [0.29, 0.717) is 21.8 Å². The standard InChI is InChI=1S/C21H29N5O2S2/c1-4-8-15(11-27)22-20-24-17-16(30-20)18(26-21(2,3)13-28)25-19(23-17)29-12-14-9-6-5-7-10-14/h5-7,9-10,15,27-28H,4,8,11-13H2,1-3H3,(H2,22,23,24,25,26). The number of thioether (sulfide) groups is 1. The van der Waals surface area contributed by atoms with Crippen LogP contribution in [0.3, 0.4) is 0 Å². The molecule has 0 aliphatic heterocycles. The normalized spacial score (nSPS) is 12.8. The van der Waals surface area contributed by atoms with Crippen LogP contribution in [-0.2, 0) is 5.75 Å². The van der Waals surface area contributed by atoms with Crippen molar-refractivity contribution in [1.82, 2.24) is 15.0 Å². The number of anilines is 2.